The molecule has 2 unspecified atom stereocenters. The molecular formula is C13H23N3O2. The van der Waals surface area contributed by atoms with E-state index in [2.05, 4.69) is 9.55 Å². The molecule has 5 heteroatoms. The second kappa shape index (κ2) is 6.87. The number of nitrogens with two attached hydrogens (primary N) is 1. The summed E-state index contributed by atoms with van der Waals surface area (Å²) in [7, 11) is 1.73. The monoisotopic (exact) mass is 253 g/mol. The molecule has 5 nitrogen and oxygen atoms in total. The van der Waals surface area contributed by atoms with Crippen molar-refractivity contribution in [2.24, 2.45) is 11.7 Å². The zero-order chi connectivity index (χ0) is 12.8. The quantitative estimate of drug-likeness (QED) is 0.745. The van der Waals surface area contributed by atoms with Gasteiger partial charge in [0, 0.05) is 39.0 Å². The number of methoxy groups -OCH3 is 1. The van der Waals surface area contributed by atoms with Gasteiger partial charge in [0.1, 0.15) is 0 Å². The number of hydrogen-bond donors (Lipinski definition) is 1. The van der Waals surface area contributed by atoms with Crippen molar-refractivity contribution in [3.63, 3.8) is 0 Å². The van der Waals surface area contributed by atoms with E-state index in [1.165, 1.54) is 0 Å². The van der Waals surface area contributed by atoms with Crippen molar-refractivity contribution in [3.05, 3.63) is 18.2 Å². The molecule has 2 atom stereocenters. The second-order valence-electron chi connectivity index (χ2n) is 4.86. The molecule has 0 amide bonds. The first-order valence-electron chi connectivity index (χ1n) is 6.65. The molecule has 0 saturated carbocycles. The molecular weight excluding hydrogens is 230 g/mol. The summed E-state index contributed by atoms with van der Waals surface area (Å²) in [5.41, 5.74) is 7.44. The summed E-state index contributed by atoms with van der Waals surface area (Å²) in [5, 5.41) is 0. The molecule has 0 radical (unpaired) electrons. The van der Waals surface area contributed by atoms with Crippen LogP contribution in [0.3, 0.4) is 0 Å². The SMILES string of the molecule is COCCCCn1cncc1C(N)C1CCOC1. The first-order valence-corrected chi connectivity index (χ1v) is 6.65. The zero-order valence-electron chi connectivity index (χ0n) is 11.0. The van der Waals surface area contributed by atoms with E-state index >= 15 is 0 Å². The predicted molar refractivity (Wildman–Crippen MR) is 69.2 cm³/mol. The van der Waals surface area contributed by atoms with E-state index in [-0.39, 0.29) is 6.04 Å². The van der Waals surface area contributed by atoms with Crippen LogP contribution in [-0.2, 0) is 16.0 Å². The Morgan fingerprint density at radius 3 is 3.22 bits per heavy atom. The van der Waals surface area contributed by atoms with Crippen LogP contribution in [0.25, 0.3) is 0 Å². The third-order valence-electron chi connectivity index (χ3n) is 3.56. The Morgan fingerprint density at radius 2 is 2.50 bits per heavy atom. The topological polar surface area (TPSA) is 62.3 Å². The van der Waals surface area contributed by atoms with E-state index in [0.717, 1.165) is 51.3 Å². The largest absolute Gasteiger partial charge is 0.385 e. The maximum Gasteiger partial charge on any atom is 0.0948 e. The van der Waals surface area contributed by atoms with Crippen molar-refractivity contribution in [1.82, 2.24) is 9.55 Å². The van der Waals surface area contributed by atoms with Crippen molar-refractivity contribution >= 4 is 0 Å². The molecule has 0 aromatic carbocycles. The number of ether oxygens (including phenoxy) is 2. The highest BCUT2D eigenvalue weighted by Gasteiger charge is 2.26. The average Bonchev–Trinajstić information content (AvgIpc) is 3.04. The Bertz CT molecular complexity index is 348. The number of aryl methyl sites for hydroxylation is 1. The normalized spacial score (nSPS) is 21.3. The van der Waals surface area contributed by atoms with Gasteiger partial charge < -0.3 is 19.8 Å². The third-order valence-corrected chi connectivity index (χ3v) is 3.56. The summed E-state index contributed by atoms with van der Waals surface area (Å²) < 4.78 is 12.6. The molecule has 0 spiro atoms. The predicted octanol–water partition coefficient (Wildman–Crippen LogP) is 1.35. The lowest BCUT2D eigenvalue weighted by molar-refractivity contribution is 0.180. The number of rotatable bonds is 7. The van der Waals surface area contributed by atoms with Gasteiger partial charge in [0.25, 0.3) is 0 Å². The van der Waals surface area contributed by atoms with Crippen LogP contribution in [0, 0.1) is 5.92 Å². The lowest BCUT2D eigenvalue weighted by Gasteiger charge is -2.19. The molecule has 18 heavy (non-hydrogen) atoms. The summed E-state index contributed by atoms with van der Waals surface area (Å²) in [5.74, 6) is 0.430. The van der Waals surface area contributed by atoms with Crippen LogP contribution in [-0.4, -0.2) is 36.5 Å². The van der Waals surface area contributed by atoms with Gasteiger partial charge in [0.05, 0.1) is 24.7 Å². The highest BCUT2D eigenvalue weighted by atomic mass is 16.5. The third kappa shape index (κ3) is 3.31. The molecule has 1 saturated heterocycles. The number of unbranched alkanes of at least 4 members (excludes halogenated alkanes) is 1. The molecule has 2 rings (SSSR count). The molecule has 2 N–H and O–H groups in total. The van der Waals surface area contributed by atoms with Gasteiger partial charge in [-0.2, -0.15) is 0 Å². The van der Waals surface area contributed by atoms with Crippen LogP contribution in [0.4, 0.5) is 0 Å². The van der Waals surface area contributed by atoms with E-state index in [0.29, 0.717) is 5.92 Å². The summed E-state index contributed by atoms with van der Waals surface area (Å²) in [6.45, 7) is 3.38. The first-order chi connectivity index (χ1) is 8.83. The highest BCUT2D eigenvalue weighted by molar-refractivity contribution is 5.07. The molecule has 1 aromatic rings. The summed E-state index contributed by atoms with van der Waals surface area (Å²) in [4.78, 5) is 4.22. The molecule has 0 bridgehead atoms. The van der Waals surface area contributed by atoms with Crippen LogP contribution in [0.1, 0.15) is 31.0 Å². The van der Waals surface area contributed by atoms with Crippen LogP contribution < -0.4 is 5.73 Å². The number of imidazole rings is 1. The maximum absolute atomic E-state index is 6.31. The van der Waals surface area contributed by atoms with Crippen LogP contribution >= 0.6 is 0 Å². The number of aromatic nitrogens is 2. The number of nitrogens with zero attached hydrogens (tertiary/aromatic N) is 2. The van der Waals surface area contributed by atoms with Gasteiger partial charge in [-0.1, -0.05) is 0 Å². The minimum Gasteiger partial charge on any atom is -0.385 e. The molecule has 1 aliphatic heterocycles. The van der Waals surface area contributed by atoms with Crippen molar-refractivity contribution in [2.75, 3.05) is 26.9 Å². The van der Waals surface area contributed by atoms with Gasteiger partial charge in [-0.25, -0.2) is 4.98 Å². The van der Waals surface area contributed by atoms with Gasteiger partial charge in [0.2, 0.25) is 0 Å². The fourth-order valence-electron chi connectivity index (χ4n) is 2.40. The Morgan fingerprint density at radius 1 is 1.61 bits per heavy atom. The van der Waals surface area contributed by atoms with Crippen molar-refractivity contribution < 1.29 is 9.47 Å². The summed E-state index contributed by atoms with van der Waals surface area (Å²) >= 11 is 0. The Labute approximate surface area is 108 Å². The molecule has 2 heterocycles. The van der Waals surface area contributed by atoms with Gasteiger partial charge in [-0.15, -0.1) is 0 Å². The average molecular weight is 253 g/mol. The van der Waals surface area contributed by atoms with Crippen molar-refractivity contribution in [1.29, 1.82) is 0 Å². The van der Waals surface area contributed by atoms with E-state index in [4.69, 9.17) is 15.2 Å². The Kier molecular flexibility index (Phi) is 5.16. The Balaban J connectivity index is 1.89. The molecule has 1 aliphatic rings. The van der Waals surface area contributed by atoms with Crippen LogP contribution in [0.15, 0.2) is 12.5 Å². The second-order valence-corrected chi connectivity index (χ2v) is 4.86. The fourth-order valence-corrected chi connectivity index (χ4v) is 2.40. The van der Waals surface area contributed by atoms with Crippen molar-refractivity contribution in [3.8, 4) is 0 Å². The molecule has 102 valence electrons. The Hall–Kier alpha value is -0.910. The molecule has 1 aromatic heterocycles. The van der Waals surface area contributed by atoms with E-state index in [1.807, 2.05) is 12.5 Å². The van der Waals surface area contributed by atoms with E-state index < -0.39 is 0 Å². The maximum atomic E-state index is 6.31. The smallest absolute Gasteiger partial charge is 0.0948 e. The number of hydrogen-bond acceptors (Lipinski definition) is 4. The van der Waals surface area contributed by atoms with E-state index in [9.17, 15) is 0 Å². The van der Waals surface area contributed by atoms with Gasteiger partial charge >= 0.3 is 0 Å². The highest BCUT2D eigenvalue weighted by Crippen LogP contribution is 2.26. The minimum atomic E-state index is 0.0393. The van der Waals surface area contributed by atoms with Crippen LogP contribution in [0.5, 0.6) is 0 Å². The minimum absolute atomic E-state index is 0.0393. The van der Waals surface area contributed by atoms with E-state index in [1.54, 1.807) is 7.11 Å². The van der Waals surface area contributed by atoms with Gasteiger partial charge in [-0.05, 0) is 19.3 Å². The fraction of sp³-hybridized carbons (Fsp3) is 0.769. The van der Waals surface area contributed by atoms with Gasteiger partial charge in [-0.3, -0.25) is 0 Å². The summed E-state index contributed by atoms with van der Waals surface area (Å²) in [6.07, 6.45) is 6.97. The zero-order valence-corrected chi connectivity index (χ0v) is 11.0. The lowest BCUT2D eigenvalue weighted by Crippen LogP contribution is -2.24. The first kappa shape index (κ1) is 13.5. The molecule has 1 fully saturated rings. The van der Waals surface area contributed by atoms with Crippen LogP contribution in [0.2, 0.25) is 0 Å². The molecule has 0 aliphatic carbocycles. The summed E-state index contributed by atoms with van der Waals surface area (Å²) in [6, 6.07) is 0.0393. The standard InChI is InChI=1S/C13H23N3O2/c1-17-6-3-2-5-16-10-15-8-12(16)13(14)11-4-7-18-9-11/h8,10-11,13H,2-7,9,14H2,1H3. The lowest BCUT2D eigenvalue weighted by atomic mass is 9.97. The van der Waals surface area contributed by atoms with Gasteiger partial charge in [0.15, 0.2) is 0 Å². The van der Waals surface area contributed by atoms with Crippen molar-refractivity contribution in [2.45, 2.75) is 31.8 Å².